The van der Waals surface area contributed by atoms with Crippen LogP contribution in [0.1, 0.15) is 245 Å². The zero-order chi connectivity index (χ0) is 44.3. The van der Waals surface area contributed by atoms with Gasteiger partial charge in [-0.15, -0.1) is 0 Å². The number of hydrogen-bond acceptors (Lipinski definition) is 8. The minimum Gasteiger partial charge on any atom is -0.756 e. The third kappa shape index (κ3) is 46.3. The molecule has 10 heteroatoms. The third-order valence-corrected chi connectivity index (χ3v) is 12.2. The SMILES string of the molecule is CCCCCCCC/C=C/CCCCCC(=O)OC[C@H](COP(=O)([O-])OCC[N+](C)(C)C)OC(=O)CCCCCCCCCCCCCCCCCCCCCCCCC. The van der Waals surface area contributed by atoms with E-state index in [0.717, 1.165) is 38.5 Å². The summed E-state index contributed by atoms with van der Waals surface area (Å²) < 4.78 is 34.0. The maximum atomic E-state index is 12.7. The summed E-state index contributed by atoms with van der Waals surface area (Å²) in [6.07, 6.45) is 46.8. The van der Waals surface area contributed by atoms with E-state index in [4.69, 9.17) is 18.5 Å². The molecule has 0 bridgehead atoms. The molecule has 0 aliphatic heterocycles. The molecule has 0 N–H and O–H groups in total. The van der Waals surface area contributed by atoms with E-state index in [9.17, 15) is 19.0 Å². The number of rotatable bonds is 47. The van der Waals surface area contributed by atoms with Crippen LogP contribution in [0, 0.1) is 0 Å². The summed E-state index contributed by atoms with van der Waals surface area (Å²) in [5.41, 5.74) is 0. The standard InChI is InChI=1S/C50H98NO8P/c1-6-8-10-12-14-16-18-20-21-22-23-24-25-26-27-28-29-31-33-35-37-39-41-43-50(53)59-48(47-58-60(54,55)57-45-44-51(3,4)5)46-56-49(52)42-40-38-36-34-32-30-19-17-15-13-11-9-7-2/h30,32,48H,6-29,31,33-47H2,1-5H3/b32-30+/t48-/m1/s1. The average molecular weight is 872 g/mol. The van der Waals surface area contributed by atoms with Gasteiger partial charge in [-0.1, -0.05) is 206 Å². The number of phosphoric ester groups is 1. The summed E-state index contributed by atoms with van der Waals surface area (Å²) in [4.78, 5) is 37.6. The van der Waals surface area contributed by atoms with Crippen molar-refractivity contribution in [3.8, 4) is 0 Å². The van der Waals surface area contributed by atoms with Gasteiger partial charge in [-0.25, -0.2) is 0 Å². The predicted octanol–water partition coefficient (Wildman–Crippen LogP) is 14.3. The number of nitrogens with zero attached hydrogens (tertiary/aromatic N) is 1. The Hall–Kier alpha value is -1.25. The number of allylic oxidation sites excluding steroid dienone is 2. The fourth-order valence-electron chi connectivity index (χ4n) is 7.30. The topological polar surface area (TPSA) is 111 Å². The van der Waals surface area contributed by atoms with Crippen molar-refractivity contribution in [1.29, 1.82) is 0 Å². The summed E-state index contributed by atoms with van der Waals surface area (Å²) in [6, 6.07) is 0. The molecule has 0 spiro atoms. The number of hydrogen-bond donors (Lipinski definition) is 0. The van der Waals surface area contributed by atoms with Crippen LogP contribution in [0.3, 0.4) is 0 Å². The Labute approximate surface area is 371 Å². The number of carbonyl (C=O) groups excluding carboxylic acids is 2. The minimum atomic E-state index is -4.63. The molecule has 0 amide bonds. The molecule has 0 aromatic carbocycles. The summed E-state index contributed by atoms with van der Waals surface area (Å²) in [7, 11) is 1.17. The van der Waals surface area contributed by atoms with Crippen molar-refractivity contribution in [2.45, 2.75) is 251 Å². The molecule has 0 radical (unpaired) electrons. The average Bonchev–Trinajstić information content (AvgIpc) is 3.20. The Morgan fingerprint density at radius 1 is 0.500 bits per heavy atom. The molecule has 0 saturated heterocycles. The lowest BCUT2D eigenvalue weighted by Crippen LogP contribution is -2.37. The van der Waals surface area contributed by atoms with Crippen molar-refractivity contribution < 1.29 is 42.1 Å². The molecule has 9 nitrogen and oxygen atoms in total. The first-order valence-electron chi connectivity index (χ1n) is 25.4. The van der Waals surface area contributed by atoms with E-state index in [1.54, 1.807) is 0 Å². The van der Waals surface area contributed by atoms with Crippen LogP contribution in [0.2, 0.25) is 0 Å². The molecule has 0 aromatic rings. The number of phosphoric acid groups is 1. The largest absolute Gasteiger partial charge is 0.756 e. The van der Waals surface area contributed by atoms with E-state index >= 15 is 0 Å². The zero-order valence-electron chi connectivity index (χ0n) is 40.2. The Balaban J connectivity index is 4.18. The van der Waals surface area contributed by atoms with Crippen LogP contribution in [-0.2, 0) is 32.7 Å². The number of ether oxygens (including phenoxy) is 2. The maximum Gasteiger partial charge on any atom is 0.306 e. The number of quaternary nitrogens is 1. The van der Waals surface area contributed by atoms with Crippen LogP contribution < -0.4 is 4.89 Å². The lowest BCUT2D eigenvalue weighted by Gasteiger charge is -2.28. The van der Waals surface area contributed by atoms with Gasteiger partial charge in [0, 0.05) is 12.8 Å². The van der Waals surface area contributed by atoms with E-state index in [1.165, 1.54) is 167 Å². The lowest BCUT2D eigenvalue weighted by molar-refractivity contribution is -0.870. The molecule has 0 aliphatic carbocycles. The quantitative estimate of drug-likeness (QED) is 0.0195. The van der Waals surface area contributed by atoms with Crippen molar-refractivity contribution >= 4 is 19.8 Å². The van der Waals surface area contributed by atoms with Crippen molar-refractivity contribution in [3.63, 3.8) is 0 Å². The Kier molecular flexibility index (Phi) is 42.1. The third-order valence-electron chi connectivity index (χ3n) is 11.3. The smallest absolute Gasteiger partial charge is 0.306 e. The van der Waals surface area contributed by atoms with Gasteiger partial charge in [-0.3, -0.25) is 14.2 Å². The second-order valence-corrected chi connectivity index (χ2v) is 20.0. The maximum absolute atomic E-state index is 12.7. The first-order valence-corrected chi connectivity index (χ1v) is 26.9. The summed E-state index contributed by atoms with van der Waals surface area (Å²) >= 11 is 0. The molecule has 356 valence electrons. The van der Waals surface area contributed by atoms with Crippen LogP contribution >= 0.6 is 7.82 Å². The highest BCUT2D eigenvalue weighted by molar-refractivity contribution is 7.45. The molecular formula is C50H98NO8P. The molecule has 0 fully saturated rings. The van der Waals surface area contributed by atoms with Crippen LogP contribution in [0.5, 0.6) is 0 Å². The van der Waals surface area contributed by atoms with E-state index in [0.29, 0.717) is 23.9 Å². The molecule has 1 unspecified atom stereocenters. The Morgan fingerprint density at radius 3 is 1.25 bits per heavy atom. The summed E-state index contributed by atoms with van der Waals surface area (Å²) in [5.74, 6) is -0.839. The Bertz CT molecular complexity index is 1030. The number of unbranched alkanes of at least 4 members (excludes halogenated alkanes) is 31. The van der Waals surface area contributed by atoms with Crippen molar-refractivity contribution in [3.05, 3.63) is 12.2 Å². The van der Waals surface area contributed by atoms with Gasteiger partial charge >= 0.3 is 11.9 Å². The predicted molar refractivity (Wildman–Crippen MR) is 250 cm³/mol. The van der Waals surface area contributed by atoms with Crippen LogP contribution in [0.4, 0.5) is 0 Å². The molecule has 60 heavy (non-hydrogen) atoms. The summed E-state index contributed by atoms with van der Waals surface area (Å²) in [5, 5.41) is 0. The normalized spacial score (nSPS) is 13.5. The Morgan fingerprint density at radius 2 is 0.850 bits per heavy atom. The zero-order valence-corrected chi connectivity index (χ0v) is 41.1. The molecule has 2 atom stereocenters. The van der Waals surface area contributed by atoms with Crippen molar-refractivity contribution in [1.82, 2.24) is 0 Å². The van der Waals surface area contributed by atoms with Gasteiger partial charge in [0.2, 0.25) is 0 Å². The molecule has 0 aliphatic rings. The van der Waals surface area contributed by atoms with Gasteiger partial charge in [0.15, 0.2) is 6.10 Å². The fraction of sp³-hybridized carbons (Fsp3) is 0.920. The van der Waals surface area contributed by atoms with Crippen molar-refractivity contribution in [2.24, 2.45) is 0 Å². The highest BCUT2D eigenvalue weighted by atomic mass is 31.2. The second kappa shape index (κ2) is 43.0. The summed E-state index contributed by atoms with van der Waals surface area (Å²) in [6.45, 7) is 4.25. The minimum absolute atomic E-state index is 0.0296. The number of carbonyl (C=O) groups is 2. The second-order valence-electron chi connectivity index (χ2n) is 18.5. The van der Waals surface area contributed by atoms with Gasteiger partial charge in [0.1, 0.15) is 19.8 Å². The lowest BCUT2D eigenvalue weighted by atomic mass is 10.0. The number of esters is 2. The molecule has 0 rings (SSSR count). The van der Waals surface area contributed by atoms with Gasteiger partial charge in [-0.2, -0.15) is 0 Å². The van der Waals surface area contributed by atoms with Crippen LogP contribution in [0.15, 0.2) is 12.2 Å². The van der Waals surface area contributed by atoms with Gasteiger partial charge < -0.3 is 27.9 Å². The first kappa shape index (κ1) is 58.8. The van der Waals surface area contributed by atoms with Crippen LogP contribution in [0.25, 0.3) is 0 Å². The fourth-order valence-corrected chi connectivity index (χ4v) is 8.03. The van der Waals surface area contributed by atoms with E-state index in [1.807, 2.05) is 21.1 Å². The highest BCUT2D eigenvalue weighted by Crippen LogP contribution is 2.38. The number of likely N-dealkylation sites (N-methyl/N-ethyl adjacent to an activating group) is 1. The van der Waals surface area contributed by atoms with Crippen LogP contribution in [-0.4, -0.2) is 70.0 Å². The first-order chi connectivity index (χ1) is 29.0. The monoisotopic (exact) mass is 872 g/mol. The van der Waals surface area contributed by atoms with E-state index in [-0.39, 0.29) is 26.1 Å². The van der Waals surface area contributed by atoms with Crippen molar-refractivity contribution in [2.75, 3.05) is 47.5 Å². The van der Waals surface area contributed by atoms with Gasteiger partial charge in [-0.05, 0) is 38.5 Å². The van der Waals surface area contributed by atoms with E-state index < -0.39 is 32.5 Å². The molecule has 0 aromatic heterocycles. The highest BCUT2D eigenvalue weighted by Gasteiger charge is 2.21. The molecular weight excluding hydrogens is 774 g/mol. The molecule has 0 heterocycles. The van der Waals surface area contributed by atoms with E-state index in [2.05, 4.69) is 26.0 Å². The van der Waals surface area contributed by atoms with Gasteiger partial charge in [0.25, 0.3) is 7.82 Å². The van der Waals surface area contributed by atoms with Gasteiger partial charge in [0.05, 0.1) is 27.7 Å². The molecule has 0 saturated carbocycles.